The van der Waals surface area contributed by atoms with Crippen molar-refractivity contribution < 1.29 is 0 Å². The minimum absolute atomic E-state index is 0.502. The summed E-state index contributed by atoms with van der Waals surface area (Å²) in [4.78, 5) is 2.66. The van der Waals surface area contributed by atoms with E-state index >= 15 is 0 Å². The van der Waals surface area contributed by atoms with Crippen molar-refractivity contribution in [1.82, 2.24) is 10.2 Å². The van der Waals surface area contributed by atoms with Crippen LogP contribution in [0.25, 0.3) is 0 Å². The van der Waals surface area contributed by atoms with Gasteiger partial charge in [0.1, 0.15) is 0 Å². The van der Waals surface area contributed by atoms with Gasteiger partial charge in [-0.25, -0.2) is 0 Å². The zero-order chi connectivity index (χ0) is 10.0. The molecule has 0 amide bonds. The van der Waals surface area contributed by atoms with Gasteiger partial charge in [-0.1, -0.05) is 13.3 Å². The molecule has 0 bridgehead atoms. The number of rotatable bonds is 2. The van der Waals surface area contributed by atoms with Gasteiger partial charge < -0.3 is 5.32 Å². The van der Waals surface area contributed by atoms with Crippen LogP contribution in [0.2, 0.25) is 0 Å². The molecule has 2 aliphatic rings. The van der Waals surface area contributed by atoms with Crippen molar-refractivity contribution in [2.75, 3.05) is 19.6 Å². The van der Waals surface area contributed by atoms with E-state index in [1.54, 1.807) is 0 Å². The Hall–Kier alpha value is -0.0800. The van der Waals surface area contributed by atoms with Crippen molar-refractivity contribution in [1.29, 1.82) is 0 Å². The van der Waals surface area contributed by atoms with Gasteiger partial charge in [0.25, 0.3) is 0 Å². The molecule has 0 radical (unpaired) electrons. The molecule has 0 aromatic carbocycles. The van der Waals surface area contributed by atoms with Gasteiger partial charge in [0.05, 0.1) is 0 Å². The first kappa shape index (κ1) is 10.4. The number of nitrogens with one attached hydrogen (secondary N) is 1. The van der Waals surface area contributed by atoms with Crippen LogP contribution in [-0.2, 0) is 0 Å². The Morgan fingerprint density at radius 2 is 2.21 bits per heavy atom. The zero-order valence-corrected chi connectivity index (χ0v) is 9.68. The predicted octanol–water partition coefficient (Wildman–Crippen LogP) is 2.00. The summed E-state index contributed by atoms with van der Waals surface area (Å²) in [7, 11) is 0. The molecule has 82 valence electrons. The van der Waals surface area contributed by atoms with E-state index in [2.05, 4.69) is 24.1 Å². The molecule has 2 saturated heterocycles. The standard InChI is InChI=1S/C12H24N2/c1-3-11(2)14-9-7-12(10-14)6-4-5-8-13-12/h11,13H,3-10H2,1-2H3. The van der Waals surface area contributed by atoms with Crippen molar-refractivity contribution in [2.45, 2.75) is 57.5 Å². The van der Waals surface area contributed by atoms with Gasteiger partial charge >= 0.3 is 0 Å². The second-order valence-corrected chi connectivity index (χ2v) is 5.14. The molecule has 2 rings (SSSR count). The maximum absolute atomic E-state index is 3.76. The molecule has 14 heavy (non-hydrogen) atoms. The third kappa shape index (κ3) is 1.96. The summed E-state index contributed by atoms with van der Waals surface area (Å²) in [6.07, 6.45) is 6.87. The highest BCUT2D eigenvalue weighted by Crippen LogP contribution is 2.30. The van der Waals surface area contributed by atoms with Crippen molar-refractivity contribution in [3.63, 3.8) is 0 Å². The van der Waals surface area contributed by atoms with Gasteiger partial charge in [-0.2, -0.15) is 0 Å². The maximum Gasteiger partial charge on any atom is 0.0321 e. The van der Waals surface area contributed by atoms with Gasteiger partial charge in [-0.05, 0) is 39.2 Å². The van der Waals surface area contributed by atoms with Gasteiger partial charge in [0.15, 0.2) is 0 Å². The molecule has 2 heteroatoms. The fourth-order valence-corrected chi connectivity index (χ4v) is 2.92. The first-order chi connectivity index (χ1) is 6.76. The fourth-order valence-electron chi connectivity index (χ4n) is 2.92. The lowest BCUT2D eigenvalue weighted by Crippen LogP contribution is -2.51. The van der Waals surface area contributed by atoms with Crippen LogP contribution in [0.1, 0.15) is 46.0 Å². The van der Waals surface area contributed by atoms with Crippen LogP contribution in [0, 0.1) is 0 Å². The van der Waals surface area contributed by atoms with Gasteiger partial charge in [-0.3, -0.25) is 4.90 Å². The SMILES string of the molecule is CCC(C)N1CCC2(CCCCN2)C1. The molecule has 0 aromatic rings. The van der Waals surface area contributed by atoms with Crippen LogP contribution >= 0.6 is 0 Å². The third-order valence-corrected chi connectivity index (χ3v) is 4.18. The topological polar surface area (TPSA) is 15.3 Å². The van der Waals surface area contributed by atoms with Crippen molar-refractivity contribution in [3.05, 3.63) is 0 Å². The molecule has 1 spiro atoms. The largest absolute Gasteiger partial charge is 0.310 e. The van der Waals surface area contributed by atoms with Crippen LogP contribution in [0.5, 0.6) is 0 Å². The molecule has 2 heterocycles. The first-order valence-electron chi connectivity index (χ1n) is 6.25. The van der Waals surface area contributed by atoms with Gasteiger partial charge in [0.2, 0.25) is 0 Å². The summed E-state index contributed by atoms with van der Waals surface area (Å²) < 4.78 is 0. The van der Waals surface area contributed by atoms with Crippen molar-refractivity contribution in [3.8, 4) is 0 Å². The molecule has 2 aliphatic heterocycles. The summed E-state index contributed by atoms with van der Waals surface area (Å²) in [6, 6.07) is 0.776. The average Bonchev–Trinajstić information content (AvgIpc) is 2.62. The van der Waals surface area contributed by atoms with Crippen LogP contribution < -0.4 is 5.32 Å². The van der Waals surface area contributed by atoms with E-state index in [9.17, 15) is 0 Å². The minimum atomic E-state index is 0.502. The minimum Gasteiger partial charge on any atom is -0.310 e. The fraction of sp³-hybridized carbons (Fsp3) is 1.00. The van der Waals surface area contributed by atoms with Crippen LogP contribution in [0.3, 0.4) is 0 Å². The molecule has 0 aromatic heterocycles. The van der Waals surface area contributed by atoms with E-state index in [-0.39, 0.29) is 0 Å². The Bertz CT molecular complexity index is 185. The lowest BCUT2D eigenvalue weighted by Gasteiger charge is -2.35. The van der Waals surface area contributed by atoms with E-state index in [4.69, 9.17) is 0 Å². The molecular weight excluding hydrogens is 172 g/mol. The summed E-state index contributed by atoms with van der Waals surface area (Å²) in [5.41, 5.74) is 0.502. The zero-order valence-electron chi connectivity index (χ0n) is 9.68. The highest BCUT2D eigenvalue weighted by atomic mass is 15.2. The Labute approximate surface area is 88.1 Å². The van der Waals surface area contributed by atoms with Crippen molar-refractivity contribution >= 4 is 0 Å². The molecule has 2 nitrogen and oxygen atoms in total. The first-order valence-corrected chi connectivity index (χ1v) is 6.25. The second-order valence-electron chi connectivity index (χ2n) is 5.14. The van der Waals surface area contributed by atoms with E-state index in [0.717, 1.165) is 6.04 Å². The molecular formula is C12H24N2. The average molecular weight is 196 g/mol. The quantitative estimate of drug-likeness (QED) is 0.727. The summed E-state index contributed by atoms with van der Waals surface area (Å²) in [5.74, 6) is 0. The lowest BCUT2D eigenvalue weighted by molar-refractivity contribution is 0.203. The Morgan fingerprint density at radius 1 is 1.36 bits per heavy atom. The molecule has 0 aliphatic carbocycles. The van der Waals surface area contributed by atoms with Gasteiger partial charge in [0, 0.05) is 24.7 Å². The van der Waals surface area contributed by atoms with Crippen LogP contribution in [0.15, 0.2) is 0 Å². The van der Waals surface area contributed by atoms with Crippen LogP contribution in [0.4, 0.5) is 0 Å². The number of likely N-dealkylation sites (tertiary alicyclic amines) is 1. The number of hydrogen-bond acceptors (Lipinski definition) is 2. The highest BCUT2D eigenvalue weighted by Gasteiger charge is 2.39. The van der Waals surface area contributed by atoms with Gasteiger partial charge in [-0.15, -0.1) is 0 Å². The Balaban J connectivity index is 1.92. The molecule has 2 unspecified atom stereocenters. The summed E-state index contributed by atoms with van der Waals surface area (Å²) in [5, 5.41) is 3.76. The van der Waals surface area contributed by atoms with E-state index < -0.39 is 0 Å². The molecule has 2 fully saturated rings. The van der Waals surface area contributed by atoms with Crippen LogP contribution in [-0.4, -0.2) is 36.1 Å². The smallest absolute Gasteiger partial charge is 0.0321 e. The molecule has 2 atom stereocenters. The number of nitrogens with zero attached hydrogens (tertiary/aromatic N) is 1. The van der Waals surface area contributed by atoms with E-state index in [1.165, 1.54) is 51.7 Å². The van der Waals surface area contributed by atoms with E-state index in [1.807, 2.05) is 0 Å². The molecule has 1 N–H and O–H groups in total. The summed E-state index contributed by atoms with van der Waals surface area (Å²) >= 11 is 0. The summed E-state index contributed by atoms with van der Waals surface area (Å²) in [6.45, 7) is 8.50. The number of hydrogen-bond donors (Lipinski definition) is 1. The monoisotopic (exact) mass is 196 g/mol. The normalized spacial score (nSPS) is 36.4. The molecule has 0 saturated carbocycles. The highest BCUT2D eigenvalue weighted by molar-refractivity contribution is 4.99. The van der Waals surface area contributed by atoms with Crippen molar-refractivity contribution in [2.24, 2.45) is 0 Å². The Kier molecular flexibility index (Phi) is 3.13. The second kappa shape index (κ2) is 4.19. The predicted molar refractivity (Wildman–Crippen MR) is 60.5 cm³/mol. The maximum atomic E-state index is 3.76. The third-order valence-electron chi connectivity index (χ3n) is 4.18. The van der Waals surface area contributed by atoms with E-state index in [0.29, 0.717) is 5.54 Å². The lowest BCUT2D eigenvalue weighted by atomic mass is 9.88. The Morgan fingerprint density at radius 3 is 2.86 bits per heavy atom. The number of piperidine rings is 1.